The first-order chi connectivity index (χ1) is 8.49. The van der Waals surface area contributed by atoms with Gasteiger partial charge in [0.1, 0.15) is 0 Å². The van der Waals surface area contributed by atoms with Crippen molar-refractivity contribution < 1.29 is 4.90 Å². The molecule has 1 aromatic rings. The van der Waals surface area contributed by atoms with Gasteiger partial charge in [0.15, 0.2) is 5.11 Å². The number of anilines is 1. The zero-order chi connectivity index (χ0) is 13.5. The molecule has 0 heterocycles. The van der Waals surface area contributed by atoms with Gasteiger partial charge in [0.2, 0.25) is 0 Å². The van der Waals surface area contributed by atoms with Crippen LogP contribution in [-0.2, 0) is 0 Å². The summed E-state index contributed by atoms with van der Waals surface area (Å²) in [6.45, 7) is 6.24. The van der Waals surface area contributed by atoms with E-state index in [9.17, 15) is 0 Å². The largest absolute Gasteiger partial charge is 0.362 e. The van der Waals surface area contributed by atoms with Crippen molar-refractivity contribution in [2.24, 2.45) is 0 Å². The third-order valence-electron chi connectivity index (χ3n) is 2.78. The summed E-state index contributed by atoms with van der Waals surface area (Å²) in [5.41, 5.74) is 3.54. The molecule has 1 rings (SSSR count). The molecule has 0 aliphatic carbocycles. The lowest BCUT2D eigenvalue weighted by molar-refractivity contribution is -0.858. The molecule has 0 aliphatic rings. The van der Waals surface area contributed by atoms with E-state index in [0.29, 0.717) is 5.11 Å². The summed E-state index contributed by atoms with van der Waals surface area (Å²) in [7, 11) is 4.32. The maximum atomic E-state index is 5.29. The highest BCUT2D eigenvalue weighted by atomic mass is 32.1. The average Bonchev–Trinajstić information content (AvgIpc) is 2.29. The van der Waals surface area contributed by atoms with Crippen molar-refractivity contribution in [1.82, 2.24) is 5.32 Å². The Bertz CT molecular complexity index is 402. The number of aryl methyl sites for hydroxylation is 2. The van der Waals surface area contributed by atoms with Crippen molar-refractivity contribution >= 4 is 23.0 Å². The van der Waals surface area contributed by atoms with Gasteiger partial charge in [0.05, 0.1) is 20.6 Å². The van der Waals surface area contributed by atoms with E-state index in [1.165, 1.54) is 16.0 Å². The molecule has 0 aliphatic heterocycles. The molecule has 0 unspecified atom stereocenters. The first-order valence-electron chi connectivity index (χ1n) is 6.40. The molecule has 3 N–H and O–H groups in total. The van der Waals surface area contributed by atoms with Crippen LogP contribution < -0.4 is 15.5 Å². The van der Waals surface area contributed by atoms with Gasteiger partial charge < -0.3 is 15.5 Å². The highest BCUT2D eigenvalue weighted by Crippen LogP contribution is 2.15. The minimum atomic E-state index is 0.706. The topological polar surface area (TPSA) is 28.5 Å². The summed E-state index contributed by atoms with van der Waals surface area (Å²) in [6.07, 6.45) is 1.12. The molecule has 1 aromatic carbocycles. The van der Waals surface area contributed by atoms with Crippen LogP contribution in [0.1, 0.15) is 17.5 Å². The molecule has 0 saturated carbocycles. The second-order valence-corrected chi connectivity index (χ2v) is 5.42. The maximum Gasteiger partial charge on any atom is 0.170 e. The molecule has 3 nitrogen and oxygen atoms in total. The summed E-state index contributed by atoms with van der Waals surface area (Å²) in [5, 5.41) is 7.20. The molecular formula is C14H24N3S+. The number of nitrogens with one attached hydrogen (secondary N) is 3. The van der Waals surface area contributed by atoms with E-state index >= 15 is 0 Å². The van der Waals surface area contributed by atoms with Gasteiger partial charge in [-0.15, -0.1) is 0 Å². The van der Waals surface area contributed by atoms with Crippen LogP contribution in [0.3, 0.4) is 0 Å². The zero-order valence-corrected chi connectivity index (χ0v) is 12.6. The Morgan fingerprint density at radius 3 is 2.67 bits per heavy atom. The lowest BCUT2D eigenvalue weighted by atomic mass is 10.1. The lowest BCUT2D eigenvalue weighted by Crippen LogP contribution is -3.05. The Balaban J connectivity index is 2.38. The van der Waals surface area contributed by atoms with Crippen LogP contribution in [-0.4, -0.2) is 32.3 Å². The third-order valence-corrected chi connectivity index (χ3v) is 3.03. The molecule has 0 saturated heterocycles. The molecule has 0 fully saturated rings. The fraction of sp³-hybridized carbons (Fsp3) is 0.500. The minimum absolute atomic E-state index is 0.706. The van der Waals surface area contributed by atoms with Gasteiger partial charge in [-0.3, -0.25) is 0 Å². The van der Waals surface area contributed by atoms with E-state index in [0.717, 1.165) is 25.2 Å². The zero-order valence-electron chi connectivity index (χ0n) is 11.8. The number of quaternary nitrogens is 1. The van der Waals surface area contributed by atoms with Crippen molar-refractivity contribution in [2.45, 2.75) is 20.3 Å². The van der Waals surface area contributed by atoms with Crippen molar-refractivity contribution in [3.05, 3.63) is 29.3 Å². The number of benzene rings is 1. The Kier molecular flexibility index (Phi) is 6.09. The van der Waals surface area contributed by atoms with Crippen molar-refractivity contribution in [1.29, 1.82) is 0 Å². The number of hydrogen-bond donors (Lipinski definition) is 3. The number of hydrogen-bond acceptors (Lipinski definition) is 1. The molecule has 0 aromatic heterocycles. The van der Waals surface area contributed by atoms with E-state index in [2.05, 4.69) is 56.8 Å². The SMILES string of the molecule is Cc1ccc(C)c(NC(=S)NCCC[NH+](C)C)c1. The van der Waals surface area contributed by atoms with E-state index in [1.807, 2.05) is 0 Å². The van der Waals surface area contributed by atoms with Crippen molar-refractivity contribution in [2.75, 3.05) is 32.5 Å². The molecule has 4 heteroatoms. The van der Waals surface area contributed by atoms with Crippen molar-refractivity contribution in [3.63, 3.8) is 0 Å². The van der Waals surface area contributed by atoms with Gasteiger partial charge in [-0.25, -0.2) is 0 Å². The Hall–Kier alpha value is -1.13. The molecule has 0 spiro atoms. The molecule has 0 bridgehead atoms. The summed E-state index contributed by atoms with van der Waals surface area (Å²) in [5.74, 6) is 0. The highest BCUT2D eigenvalue weighted by molar-refractivity contribution is 7.80. The molecule has 0 atom stereocenters. The van der Waals surface area contributed by atoms with E-state index in [4.69, 9.17) is 12.2 Å². The van der Waals surface area contributed by atoms with Crippen LogP contribution >= 0.6 is 12.2 Å². The van der Waals surface area contributed by atoms with Gasteiger partial charge in [0.25, 0.3) is 0 Å². The fourth-order valence-corrected chi connectivity index (χ4v) is 1.89. The summed E-state index contributed by atoms with van der Waals surface area (Å²) >= 11 is 5.29. The molecule has 0 radical (unpaired) electrons. The minimum Gasteiger partial charge on any atom is -0.362 e. The number of thiocarbonyl (C=S) groups is 1. The smallest absolute Gasteiger partial charge is 0.170 e. The van der Waals surface area contributed by atoms with Crippen LogP contribution in [0.4, 0.5) is 5.69 Å². The normalized spacial score (nSPS) is 10.5. The summed E-state index contributed by atoms with van der Waals surface area (Å²) in [4.78, 5) is 1.46. The molecular weight excluding hydrogens is 242 g/mol. The second kappa shape index (κ2) is 7.34. The highest BCUT2D eigenvalue weighted by Gasteiger charge is 2.01. The van der Waals surface area contributed by atoms with Crippen LogP contribution in [0.15, 0.2) is 18.2 Å². The van der Waals surface area contributed by atoms with Crippen LogP contribution in [0.25, 0.3) is 0 Å². The Morgan fingerprint density at radius 2 is 2.00 bits per heavy atom. The first kappa shape index (κ1) is 14.9. The van der Waals surface area contributed by atoms with Gasteiger partial charge in [-0.1, -0.05) is 12.1 Å². The van der Waals surface area contributed by atoms with Crippen LogP contribution in [0.5, 0.6) is 0 Å². The van der Waals surface area contributed by atoms with E-state index < -0.39 is 0 Å². The third kappa shape index (κ3) is 5.47. The predicted octanol–water partition coefficient (Wildman–Crippen LogP) is 1.12. The fourth-order valence-electron chi connectivity index (χ4n) is 1.68. The predicted molar refractivity (Wildman–Crippen MR) is 82.4 cm³/mol. The van der Waals surface area contributed by atoms with Gasteiger partial charge in [-0.05, 0) is 43.3 Å². The van der Waals surface area contributed by atoms with Crippen LogP contribution in [0, 0.1) is 13.8 Å². The first-order valence-corrected chi connectivity index (χ1v) is 6.81. The molecule has 0 amide bonds. The quantitative estimate of drug-likeness (QED) is 0.551. The average molecular weight is 266 g/mol. The van der Waals surface area contributed by atoms with Crippen molar-refractivity contribution in [3.8, 4) is 0 Å². The Morgan fingerprint density at radius 1 is 1.28 bits per heavy atom. The van der Waals surface area contributed by atoms with Crippen LogP contribution in [0.2, 0.25) is 0 Å². The second-order valence-electron chi connectivity index (χ2n) is 5.01. The maximum absolute atomic E-state index is 5.29. The van der Waals surface area contributed by atoms with E-state index in [-0.39, 0.29) is 0 Å². The van der Waals surface area contributed by atoms with Gasteiger partial charge >= 0.3 is 0 Å². The van der Waals surface area contributed by atoms with Gasteiger partial charge in [0, 0.05) is 18.7 Å². The van der Waals surface area contributed by atoms with E-state index in [1.54, 1.807) is 0 Å². The summed E-state index contributed by atoms with van der Waals surface area (Å²) < 4.78 is 0. The molecule has 100 valence electrons. The van der Waals surface area contributed by atoms with Gasteiger partial charge in [-0.2, -0.15) is 0 Å². The number of rotatable bonds is 5. The monoisotopic (exact) mass is 266 g/mol. The lowest BCUT2D eigenvalue weighted by Gasteiger charge is -2.13. The standard InChI is InChI=1S/C14H23N3S/c1-11-6-7-12(2)13(10-11)16-14(18)15-8-5-9-17(3)4/h6-7,10H,5,8-9H2,1-4H3,(H2,15,16,18)/p+1. The Labute approximate surface area is 116 Å². The molecule has 18 heavy (non-hydrogen) atoms. The summed E-state index contributed by atoms with van der Waals surface area (Å²) in [6, 6.07) is 6.33.